The molecule has 0 aromatic heterocycles. The van der Waals surface area contributed by atoms with E-state index in [2.05, 4.69) is 16.2 Å². The van der Waals surface area contributed by atoms with Gasteiger partial charge in [0.2, 0.25) is 0 Å². The van der Waals surface area contributed by atoms with E-state index in [4.69, 9.17) is 0 Å². The van der Waals surface area contributed by atoms with Crippen molar-refractivity contribution < 1.29 is 4.79 Å². The lowest BCUT2D eigenvalue weighted by atomic mass is 10.3. The number of rotatable bonds is 3. The topological polar surface area (TPSA) is 17.1 Å². The highest BCUT2D eigenvalue weighted by Crippen LogP contribution is 1.98. The third-order valence-electron chi connectivity index (χ3n) is 0.777. The minimum Gasteiger partial charge on any atom is -0.295 e. The fraction of sp³-hybridized carbons (Fsp3) is 0.800. The SMILES string of the molecule is CCCCC(=O)P. The zero-order valence-electron chi connectivity index (χ0n) is 4.61. The first kappa shape index (κ1) is 7.10. The second-order valence-corrected chi connectivity index (χ2v) is 2.21. The summed E-state index contributed by atoms with van der Waals surface area (Å²) >= 11 is 0. The number of hydrogen-bond acceptors (Lipinski definition) is 1. The van der Waals surface area contributed by atoms with Crippen LogP contribution in [0.15, 0.2) is 0 Å². The van der Waals surface area contributed by atoms with Crippen LogP contribution < -0.4 is 0 Å². The first-order chi connectivity index (χ1) is 3.27. The Morgan fingerprint density at radius 1 is 1.71 bits per heavy atom. The summed E-state index contributed by atoms with van der Waals surface area (Å²) in [5.74, 6) is 0. The molecule has 0 fully saturated rings. The van der Waals surface area contributed by atoms with Crippen molar-refractivity contribution in [1.29, 1.82) is 0 Å². The van der Waals surface area contributed by atoms with Crippen molar-refractivity contribution in [2.75, 3.05) is 0 Å². The Kier molecular flexibility index (Phi) is 4.32. The zero-order valence-corrected chi connectivity index (χ0v) is 5.76. The lowest BCUT2D eigenvalue weighted by Gasteiger charge is -1.86. The summed E-state index contributed by atoms with van der Waals surface area (Å²) in [4.78, 5) is 10.2. The summed E-state index contributed by atoms with van der Waals surface area (Å²) in [6, 6.07) is 0. The summed E-state index contributed by atoms with van der Waals surface area (Å²) < 4.78 is 0. The van der Waals surface area contributed by atoms with Gasteiger partial charge >= 0.3 is 0 Å². The van der Waals surface area contributed by atoms with Gasteiger partial charge in [-0.15, -0.1) is 0 Å². The Labute approximate surface area is 46.7 Å². The van der Waals surface area contributed by atoms with E-state index < -0.39 is 0 Å². The molecule has 0 rings (SSSR count). The molecule has 0 N–H and O–H groups in total. The van der Waals surface area contributed by atoms with E-state index in [1.165, 1.54) is 0 Å². The van der Waals surface area contributed by atoms with E-state index in [0.717, 1.165) is 19.3 Å². The third-order valence-corrected chi connectivity index (χ3v) is 1.07. The fourth-order valence-electron chi connectivity index (χ4n) is 0.351. The van der Waals surface area contributed by atoms with Crippen LogP contribution in [-0.2, 0) is 4.79 Å². The van der Waals surface area contributed by atoms with Gasteiger partial charge in [-0.1, -0.05) is 22.6 Å². The molecule has 0 radical (unpaired) electrons. The summed E-state index contributed by atoms with van der Waals surface area (Å²) in [6.45, 7) is 2.08. The van der Waals surface area contributed by atoms with Crippen LogP contribution in [-0.4, -0.2) is 5.52 Å². The molecule has 1 unspecified atom stereocenters. The molecule has 0 spiro atoms. The van der Waals surface area contributed by atoms with Crippen LogP contribution in [0.25, 0.3) is 0 Å². The molecule has 7 heavy (non-hydrogen) atoms. The van der Waals surface area contributed by atoms with E-state index in [0.29, 0.717) is 0 Å². The Balaban J connectivity index is 2.82. The fourth-order valence-corrected chi connectivity index (χ4v) is 0.555. The summed E-state index contributed by atoms with van der Waals surface area (Å²) in [6.07, 6.45) is 2.86. The Morgan fingerprint density at radius 2 is 2.29 bits per heavy atom. The van der Waals surface area contributed by atoms with E-state index in [1.54, 1.807) is 0 Å². The normalized spacial score (nSPS) is 8.86. The van der Waals surface area contributed by atoms with Crippen LogP contribution >= 0.6 is 9.24 Å². The van der Waals surface area contributed by atoms with Crippen molar-refractivity contribution in [2.45, 2.75) is 26.2 Å². The highest BCUT2D eigenvalue weighted by molar-refractivity contribution is 7.40. The summed E-state index contributed by atoms with van der Waals surface area (Å²) in [7, 11) is 2.17. The average molecular weight is 118 g/mol. The highest BCUT2D eigenvalue weighted by atomic mass is 31.0. The number of unbranched alkanes of at least 4 members (excludes halogenated alkanes) is 1. The maximum Gasteiger partial charge on any atom is 0.148 e. The van der Waals surface area contributed by atoms with Gasteiger partial charge in [0.25, 0.3) is 0 Å². The van der Waals surface area contributed by atoms with Crippen molar-refractivity contribution in [1.82, 2.24) is 0 Å². The highest BCUT2D eigenvalue weighted by Gasteiger charge is 1.87. The first-order valence-electron chi connectivity index (χ1n) is 2.55. The van der Waals surface area contributed by atoms with Crippen molar-refractivity contribution in [2.24, 2.45) is 0 Å². The molecule has 0 saturated heterocycles. The second kappa shape index (κ2) is 4.26. The maximum absolute atomic E-state index is 10.2. The molecular formula is C5H11OP. The molecule has 0 bridgehead atoms. The van der Waals surface area contributed by atoms with E-state index >= 15 is 0 Å². The molecule has 1 nitrogen and oxygen atoms in total. The number of hydrogen-bond donors (Lipinski definition) is 0. The van der Waals surface area contributed by atoms with Crippen LogP contribution in [0.3, 0.4) is 0 Å². The Hall–Kier alpha value is 0.100. The van der Waals surface area contributed by atoms with Gasteiger partial charge in [-0.3, -0.25) is 4.79 Å². The van der Waals surface area contributed by atoms with Gasteiger partial charge < -0.3 is 0 Å². The van der Waals surface area contributed by atoms with Crippen LogP contribution in [0.5, 0.6) is 0 Å². The molecule has 0 aliphatic carbocycles. The van der Waals surface area contributed by atoms with E-state index in [1.807, 2.05) is 0 Å². The lowest BCUT2D eigenvalue weighted by molar-refractivity contribution is -0.111. The van der Waals surface area contributed by atoms with Crippen molar-refractivity contribution >= 4 is 14.8 Å². The van der Waals surface area contributed by atoms with E-state index in [9.17, 15) is 4.79 Å². The minimum absolute atomic E-state index is 0.224. The minimum atomic E-state index is 0.224. The van der Waals surface area contributed by atoms with Gasteiger partial charge in [-0.2, -0.15) is 0 Å². The monoisotopic (exact) mass is 118 g/mol. The largest absolute Gasteiger partial charge is 0.295 e. The maximum atomic E-state index is 10.2. The van der Waals surface area contributed by atoms with Crippen molar-refractivity contribution in [3.63, 3.8) is 0 Å². The molecule has 1 atom stereocenters. The molecule has 0 aliphatic heterocycles. The van der Waals surface area contributed by atoms with Crippen molar-refractivity contribution in [3.8, 4) is 0 Å². The number of carbonyl (C=O) groups is 1. The lowest BCUT2D eigenvalue weighted by Crippen LogP contribution is -1.81. The standard InChI is InChI=1S/C5H11OP/c1-2-3-4-5(6)7/h2-4,7H2,1H3. The molecule has 42 valence electrons. The predicted molar refractivity (Wildman–Crippen MR) is 34.2 cm³/mol. The van der Waals surface area contributed by atoms with Crippen LogP contribution in [0.4, 0.5) is 0 Å². The first-order valence-corrected chi connectivity index (χ1v) is 3.13. The second-order valence-electron chi connectivity index (χ2n) is 1.57. The van der Waals surface area contributed by atoms with Crippen molar-refractivity contribution in [3.05, 3.63) is 0 Å². The summed E-state index contributed by atoms with van der Waals surface area (Å²) in [5.41, 5.74) is 0.224. The van der Waals surface area contributed by atoms with Gasteiger partial charge in [-0.25, -0.2) is 0 Å². The number of carbonyl (C=O) groups excluding carboxylic acids is 1. The molecule has 0 saturated carbocycles. The Bertz CT molecular complexity index is 61.1. The van der Waals surface area contributed by atoms with Crippen LogP contribution in [0.2, 0.25) is 0 Å². The summed E-state index contributed by atoms with van der Waals surface area (Å²) in [5, 5.41) is 0. The molecule has 0 amide bonds. The smallest absolute Gasteiger partial charge is 0.148 e. The van der Waals surface area contributed by atoms with Gasteiger partial charge in [-0.05, 0) is 6.42 Å². The van der Waals surface area contributed by atoms with Gasteiger partial charge in [0.05, 0.1) is 0 Å². The van der Waals surface area contributed by atoms with Gasteiger partial charge in [0.15, 0.2) is 0 Å². The van der Waals surface area contributed by atoms with Crippen LogP contribution in [0, 0.1) is 0 Å². The quantitative estimate of drug-likeness (QED) is 0.514. The average Bonchev–Trinajstić information content (AvgIpc) is 1.61. The zero-order chi connectivity index (χ0) is 5.70. The molecule has 0 heterocycles. The predicted octanol–water partition coefficient (Wildman–Crippen LogP) is 1.58. The molecular weight excluding hydrogens is 107 g/mol. The third kappa shape index (κ3) is 6.10. The Morgan fingerprint density at radius 3 is 2.43 bits per heavy atom. The molecule has 0 aromatic carbocycles. The van der Waals surface area contributed by atoms with Crippen LogP contribution in [0.1, 0.15) is 26.2 Å². The van der Waals surface area contributed by atoms with Gasteiger partial charge in [0, 0.05) is 6.42 Å². The van der Waals surface area contributed by atoms with E-state index in [-0.39, 0.29) is 5.52 Å². The molecule has 0 aromatic rings. The molecule has 2 heteroatoms. The molecule has 0 aliphatic rings. The van der Waals surface area contributed by atoms with Gasteiger partial charge in [0.1, 0.15) is 5.52 Å².